The van der Waals surface area contributed by atoms with E-state index in [1.165, 1.54) is 0 Å². The molecule has 0 atom stereocenters. The van der Waals surface area contributed by atoms with Crippen LogP contribution in [0.25, 0.3) is 0 Å². The summed E-state index contributed by atoms with van der Waals surface area (Å²) in [6.07, 6.45) is 0. The fraction of sp³-hybridized carbons (Fsp3) is 0.214. The number of para-hydroxylation sites is 1. The van der Waals surface area contributed by atoms with Crippen LogP contribution in [-0.4, -0.2) is 28.6 Å². The molecular formula is C14H14N2O4S. The first-order chi connectivity index (χ1) is 10.0. The number of aryl methyl sites for hydroxylation is 1. The normalized spacial score (nSPS) is 10.2. The van der Waals surface area contributed by atoms with Crippen molar-refractivity contribution >= 4 is 34.1 Å². The average molecular weight is 306 g/mol. The zero-order valence-electron chi connectivity index (χ0n) is 11.5. The van der Waals surface area contributed by atoms with Crippen LogP contribution in [0.1, 0.15) is 32.6 Å². The van der Waals surface area contributed by atoms with Crippen molar-refractivity contribution in [2.24, 2.45) is 0 Å². The molecule has 2 N–H and O–H groups in total. The summed E-state index contributed by atoms with van der Waals surface area (Å²) in [6, 6.07) is 6.85. The molecule has 21 heavy (non-hydrogen) atoms. The molecule has 0 aliphatic rings. The number of esters is 1. The van der Waals surface area contributed by atoms with E-state index in [4.69, 9.17) is 9.84 Å². The number of aromatic nitrogens is 1. The maximum absolute atomic E-state index is 11.9. The van der Waals surface area contributed by atoms with Crippen molar-refractivity contribution in [3.8, 4) is 0 Å². The van der Waals surface area contributed by atoms with Gasteiger partial charge in [-0.2, -0.15) is 0 Å². The van der Waals surface area contributed by atoms with Gasteiger partial charge in [-0.15, -0.1) is 0 Å². The molecule has 0 bridgehead atoms. The molecule has 6 nitrogen and oxygen atoms in total. The van der Waals surface area contributed by atoms with Crippen LogP contribution in [-0.2, 0) is 4.74 Å². The number of nitrogens with one attached hydrogen (secondary N) is 1. The lowest BCUT2D eigenvalue weighted by Gasteiger charge is -2.08. The fourth-order valence-corrected chi connectivity index (χ4v) is 2.56. The minimum atomic E-state index is -1.02. The molecule has 2 aromatic rings. The summed E-state index contributed by atoms with van der Waals surface area (Å²) in [7, 11) is 0. The standard InChI is InChI=1S/C14H14N2O4S/c1-3-20-13(19)9-6-4-5-7-10(9)16-14-15-8(2)11(21-14)12(17)18/h4-7H,3H2,1-2H3,(H,15,16)(H,17,18). The van der Waals surface area contributed by atoms with Gasteiger partial charge in [-0.25, -0.2) is 14.6 Å². The van der Waals surface area contributed by atoms with Crippen molar-refractivity contribution in [3.63, 3.8) is 0 Å². The maximum Gasteiger partial charge on any atom is 0.347 e. The van der Waals surface area contributed by atoms with Crippen LogP contribution in [0, 0.1) is 6.92 Å². The Hall–Kier alpha value is -2.41. The van der Waals surface area contributed by atoms with Gasteiger partial charge in [-0.3, -0.25) is 0 Å². The molecule has 0 fully saturated rings. The van der Waals surface area contributed by atoms with Crippen LogP contribution < -0.4 is 5.32 Å². The number of hydrogen-bond acceptors (Lipinski definition) is 6. The summed E-state index contributed by atoms with van der Waals surface area (Å²) in [4.78, 5) is 27.2. The molecule has 1 aromatic heterocycles. The fourth-order valence-electron chi connectivity index (χ4n) is 1.74. The summed E-state index contributed by atoms with van der Waals surface area (Å²) < 4.78 is 4.98. The Labute approximate surface area is 125 Å². The molecule has 1 heterocycles. The number of carbonyl (C=O) groups excluding carboxylic acids is 1. The third-order valence-corrected chi connectivity index (χ3v) is 3.72. The van der Waals surface area contributed by atoms with Crippen LogP contribution >= 0.6 is 11.3 Å². The molecular weight excluding hydrogens is 292 g/mol. The number of ether oxygens (including phenoxy) is 1. The van der Waals surface area contributed by atoms with E-state index >= 15 is 0 Å². The molecule has 0 amide bonds. The highest BCUT2D eigenvalue weighted by atomic mass is 32.1. The molecule has 0 aliphatic carbocycles. The summed E-state index contributed by atoms with van der Waals surface area (Å²) >= 11 is 1.02. The second-order valence-electron chi connectivity index (χ2n) is 4.13. The predicted octanol–water partition coefficient (Wildman–Crippen LogP) is 3.07. The summed E-state index contributed by atoms with van der Waals surface area (Å²) in [5.41, 5.74) is 1.34. The van der Waals surface area contributed by atoms with E-state index in [0.29, 0.717) is 22.1 Å². The van der Waals surface area contributed by atoms with Crippen molar-refractivity contribution < 1.29 is 19.4 Å². The molecule has 0 unspecified atom stereocenters. The Balaban J connectivity index is 2.29. The first-order valence-corrected chi connectivity index (χ1v) is 7.08. The highest BCUT2D eigenvalue weighted by molar-refractivity contribution is 7.17. The van der Waals surface area contributed by atoms with Gasteiger partial charge in [0, 0.05) is 0 Å². The van der Waals surface area contributed by atoms with Gasteiger partial charge in [0.1, 0.15) is 4.88 Å². The first kappa shape index (κ1) is 15.0. The molecule has 0 aliphatic heterocycles. The monoisotopic (exact) mass is 306 g/mol. The average Bonchev–Trinajstić information content (AvgIpc) is 2.80. The summed E-state index contributed by atoms with van der Waals surface area (Å²) in [6.45, 7) is 3.65. The Bertz CT molecular complexity index is 681. The Morgan fingerprint density at radius 3 is 2.71 bits per heavy atom. The molecule has 110 valence electrons. The maximum atomic E-state index is 11.9. The van der Waals surface area contributed by atoms with Gasteiger partial charge in [0.15, 0.2) is 5.13 Å². The number of carboxylic acid groups (broad SMARTS) is 1. The van der Waals surface area contributed by atoms with Gasteiger partial charge in [0.25, 0.3) is 0 Å². The van der Waals surface area contributed by atoms with E-state index in [1.807, 2.05) is 0 Å². The van der Waals surface area contributed by atoms with Crippen LogP contribution in [0.2, 0.25) is 0 Å². The number of carbonyl (C=O) groups is 2. The SMILES string of the molecule is CCOC(=O)c1ccccc1Nc1nc(C)c(C(=O)O)s1. The Kier molecular flexibility index (Phi) is 4.54. The summed E-state index contributed by atoms with van der Waals surface area (Å²) in [5.74, 6) is -1.45. The third-order valence-electron chi connectivity index (χ3n) is 2.65. The number of nitrogens with zero attached hydrogens (tertiary/aromatic N) is 1. The van der Waals surface area contributed by atoms with Crippen LogP contribution in [0.3, 0.4) is 0 Å². The number of benzene rings is 1. The van der Waals surface area contributed by atoms with E-state index in [9.17, 15) is 9.59 Å². The van der Waals surface area contributed by atoms with Crippen molar-refractivity contribution in [3.05, 3.63) is 40.4 Å². The van der Waals surface area contributed by atoms with Gasteiger partial charge in [-0.05, 0) is 26.0 Å². The van der Waals surface area contributed by atoms with Crippen LogP contribution in [0.5, 0.6) is 0 Å². The van der Waals surface area contributed by atoms with Gasteiger partial charge < -0.3 is 15.2 Å². The van der Waals surface area contributed by atoms with E-state index in [0.717, 1.165) is 11.3 Å². The molecule has 2 rings (SSSR count). The predicted molar refractivity (Wildman–Crippen MR) is 79.5 cm³/mol. The Morgan fingerprint density at radius 2 is 2.10 bits per heavy atom. The van der Waals surface area contributed by atoms with E-state index < -0.39 is 11.9 Å². The molecule has 0 radical (unpaired) electrons. The number of hydrogen-bond donors (Lipinski definition) is 2. The van der Waals surface area contributed by atoms with Crippen LogP contribution in [0.4, 0.5) is 10.8 Å². The minimum absolute atomic E-state index is 0.172. The smallest absolute Gasteiger partial charge is 0.347 e. The topological polar surface area (TPSA) is 88.5 Å². The Morgan fingerprint density at radius 1 is 1.38 bits per heavy atom. The van der Waals surface area contributed by atoms with Gasteiger partial charge in [0.05, 0.1) is 23.6 Å². The highest BCUT2D eigenvalue weighted by Crippen LogP contribution is 2.27. The summed E-state index contributed by atoms with van der Waals surface area (Å²) in [5, 5.41) is 12.4. The molecule has 0 saturated carbocycles. The first-order valence-electron chi connectivity index (χ1n) is 6.26. The lowest BCUT2D eigenvalue weighted by molar-refractivity contribution is 0.0527. The second-order valence-corrected chi connectivity index (χ2v) is 5.13. The highest BCUT2D eigenvalue weighted by Gasteiger charge is 2.16. The number of carboxylic acids is 1. The lowest BCUT2D eigenvalue weighted by atomic mass is 10.2. The molecule has 0 saturated heterocycles. The van der Waals surface area contributed by atoms with Gasteiger partial charge >= 0.3 is 11.9 Å². The number of anilines is 2. The van der Waals surface area contributed by atoms with Crippen molar-refractivity contribution in [2.45, 2.75) is 13.8 Å². The minimum Gasteiger partial charge on any atom is -0.477 e. The van der Waals surface area contributed by atoms with Crippen molar-refractivity contribution in [1.82, 2.24) is 4.98 Å². The van der Waals surface area contributed by atoms with Crippen molar-refractivity contribution in [2.75, 3.05) is 11.9 Å². The number of aromatic carboxylic acids is 1. The number of thiazole rings is 1. The van der Waals surface area contributed by atoms with Gasteiger partial charge in [-0.1, -0.05) is 23.5 Å². The van der Waals surface area contributed by atoms with E-state index in [1.54, 1.807) is 38.1 Å². The zero-order valence-corrected chi connectivity index (χ0v) is 12.4. The number of rotatable bonds is 5. The van der Waals surface area contributed by atoms with E-state index in [-0.39, 0.29) is 11.5 Å². The van der Waals surface area contributed by atoms with Crippen LogP contribution in [0.15, 0.2) is 24.3 Å². The third kappa shape index (κ3) is 3.38. The molecule has 1 aromatic carbocycles. The lowest BCUT2D eigenvalue weighted by Crippen LogP contribution is -2.07. The van der Waals surface area contributed by atoms with Gasteiger partial charge in [0.2, 0.25) is 0 Å². The zero-order chi connectivity index (χ0) is 15.4. The quantitative estimate of drug-likeness (QED) is 0.825. The van der Waals surface area contributed by atoms with E-state index in [2.05, 4.69) is 10.3 Å². The largest absolute Gasteiger partial charge is 0.477 e. The van der Waals surface area contributed by atoms with Crippen molar-refractivity contribution in [1.29, 1.82) is 0 Å². The molecule has 7 heteroatoms. The second kappa shape index (κ2) is 6.36. The molecule has 0 spiro atoms.